The molecule has 0 unspecified atom stereocenters. The Morgan fingerprint density at radius 3 is 2.41 bits per heavy atom. The van der Waals surface area contributed by atoms with Crippen molar-refractivity contribution in [1.29, 1.82) is 0 Å². The van der Waals surface area contributed by atoms with Gasteiger partial charge in [0.15, 0.2) is 5.82 Å². The molecular weight excluding hydrogens is 216 g/mol. The third kappa shape index (κ3) is 1.88. The molecule has 17 heavy (non-hydrogen) atoms. The molecule has 2 aromatic heterocycles. The Hall–Kier alpha value is -1.91. The van der Waals surface area contributed by atoms with Crippen LogP contribution in [-0.2, 0) is 6.42 Å². The lowest BCUT2D eigenvalue weighted by molar-refractivity contribution is 0.393. The second-order valence-corrected chi connectivity index (χ2v) is 4.06. The van der Waals surface area contributed by atoms with Crippen LogP contribution in [0, 0.1) is 20.8 Å². The predicted molar refractivity (Wildman–Crippen MR) is 65.5 cm³/mol. The van der Waals surface area contributed by atoms with Crippen LogP contribution in [0.5, 0.6) is 0 Å². The quantitative estimate of drug-likeness (QED) is 0.858. The average molecular weight is 232 g/mol. The van der Waals surface area contributed by atoms with Crippen molar-refractivity contribution in [1.82, 2.24) is 15.1 Å². The smallest absolute Gasteiger partial charge is 0.167 e. The molecule has 2 heterocycles. The van der Waals surface area contributed by atoms with Crippen LogP contribution in [0.15, 0.2) is 4.52 Å². The molecule has 0 radical (unpaired) electrons. The van der Waals surface area contributed by atoms with Crippen LogP contribution in [0.3, 0.4) is 0 Å². The molecule has 2 N–H and O–H groups in total. The molecule has 5 heteroatoms. The highest BCUT2D eigenvalue weighted by molar-refractivity contribution is 5.62. The third-order valence-corrected chi connectivity index (χ3v) is 2.88. The topological polar surface area (TPSA) is 77.8 Å². The van der Waals surface area contributed by atoms with Gasteiger partial charge in [0.05, 0.1) is 11.3 Å². The van der Waals surface area contributed by atoms with Crippen molar-refractivity contribution in [2.45, 2.75) is 34.1 Å². The van der Waals surface area contributed by atoms with Crippen molar-refractivity contribution < 1.29 is 4.52 Å². The summed E-state index contributed by atoms with van der Waals surface area (Å²) in [6, 6.07) is 0. The minimum Gasteiger partial charge on any atom is -0.383 e. The van der Waals surface area contributed by atoms with Crippen molar-refractivity contribution in [2.75, 3.05) is 5.73 Å². The van der Waals surface area contributed by atoms with E-state index in [-0.39, 0.29) is 0 Å². The summed E-state index contributed by atoms with van der Waals surface area (Å²) in [5.74, 6) is 1.83. The zero-order valence-corrected chi connectivity index (χ0v) is 10.5. The minimum atomic E-state index is 0.520. The van der Waals surface area contributed by atoms with Crippen molar-refractivity contribution in [2.24, 2.45) is 0 Å². The van der Waals surface area contributed by atoms with E-state index in [0.29, 0.717) is 17.4 Å². The summed E-state index contributed by atoms with van der Waals surface area (Å²) in [5.41, 5.74) is 9.44. The van der Waals surface area contributed by atoms with Crippen LogP contribution >= 0.6 is 0 Å². The van der Waals surface area contributed by atoms with Crippen molar-refractivity contribution >= 4 is 5.82 Å². The Labute approximate surface area is 100 Å². The first-order valence-electron chi connectivity index (χ1n) is 5.60. The molecule has 0 atom stereocenters. The van der Waals surface area contributed by atoms with E-state index in [2.05, 4.69) is 15.1 Å². The summed E-state index contributed by atoms with van der Waals surface area (Å²) in [7, 11) is 0. The molecule has 0 saturated heterocycles. The lowest BCUT2D eigenvalue weighted by Gasteiger charge is -2.08. The first-order valence-corrected chi connectivity index (χ1v) is 5.60. The maximum atomic E-state index is 5.90. The first-order chi connectivity index (χ1) is 8.04. The highest BCUT2D eigenvalue weighted by atomic mass is 16.5. The van der Waals surface area contributed by atoms with E-state index >= 15 is 0 Å². The molecule has 2 rings (SSSR count). The highest BCUT2D eigenvalue weighted by Gasteiger charge is 2.16. The molecule has 0 aromatic carbocycles. The van der Waals surface area contributed by atoms with Crippen LogP contribution in [0.2, 0.25) is 0 Å². The van der Waals surface area contributed by atoms with E-state index in [0.717, 1.165) is 28.9 Å². The number of nitrogen functional groups attached to an aromatic ring is 1. The predicted octanol–water partition coefficient (Wildman–Crippen LogP) is 2.20. The zero-order chi connectivity index (χ0) is 12.6. The molecule has 2 aromatic rings. The van der Waals surface area contributed by atoms with Gasteiger partial charge in [-0.25, -0.2) is 9.97 Å². The van der Waals surface area contributed by atoms with Crippen LogP contribution in [-0.4, -0.2) is 15.1 Å². The average Bonchev–Trinajstić information content (AvgIpc) is 2.62. The Kier molecular flexibility index (Phi) is 2.83. The van der Waals surface area contributed by atoms with Gasteiger partial charge in [0.25, 0.3) is 0 Å². The van der Waals surface area contributed by atoms with E-state index in [1.54, 1.807) is 0 Å². The molecule has 0 saturated carbocycles. The largest absolute Gasteiger partial charge is 0.383 e. The summed E-state index contributed by atoms with van der Waals surface area (Å²) < 4.78 is 5.12. The van der Waals surface area contributed by atoms with Gasteiger partial charge >= 0.3 is 0 Å². The Morgan fingerprint density at radius 1 is 1.18 bits per heavy atom. The number of hydrogen-bond acceptors (Lipinski definition) is 5. The van der Waals surface area contributed by atoms with Crippen LogP contribution < -0.4 is 5.73 Å². The maximum Gasteiger partial charge on any atom is 0.167 e. The molecule has 0 amide bonds. The molecule has 5 nitrogen and oxygen atoms in total. The molecular formula is C12H16N4O. The standard InChI is InChI=1S/C12H16N4O/c1-5-9-6(2)11(13)15-12(14-9)10-7(3)16-17-8(10)4/h5H2,1-4H3,(H2,13,14,15). The summed E-state index contributed by atoms with van der Waals surface area (Å²) in [6.45, 7) is 7.70. The monoisotopic (exact) mass is 232 g/mol. The summed E-state index contributed by atoms with van der Waals surface area (Å²) in [4.78, 5) is 8.84. The van der Waals surface area contributed by atoms with Gasteiger partial charge in [0.1, 0.15) is 11.6 Å². The SMILES string of the molecule is CCc1nc(-c2c(C)noc2C)nc(N)c1C. The normalized spacial score (nSPS) is 10.8. The number of rotatable bonds is 2. The van der Waals surface area contributed by atoms with Crippen molar-refractivity contribution in [3.63, 3.8) is 0 Å². The van der Waals surface area contributed by atoms with Crippen LogP contribution in [0.25, 0.3) is 11.4 Å². The van der Waals surface area contributed by atoms with Gasteiger partial charge in [-0.3, -0.25) is 0 Å². The van der Waals surface area contributed by atoms with Gasteiger partial charge in [-0.1, -0.05) is 12.1 Å². The molecule has 90 valence electrons. The molecule has 0 aliphatic rings. The summed E-state index contributed by atoms with van der Waals surface area (Å²) in [6.07, 6.45) is 0.828. The van der Waals surface area contributed by atoms with E-state index in [9.17, 15) is 0 Å². The fourth-order valence-electron chi connectivity index (χ4n) is 1.84. The van der Waals surface area contributed by atoms with Crippen molar-refractivity contribution in [3.8, 4) is 11.4 Å². The lowest BCUT2D eigenvalue weighted by Crippen LogP contribution is -2.04. The number of hydrogen-bond donors (Lipinski definition) is 1. The van der Waals surface area contributed by atoms with Gasteiger partial charge in [0, 0.05) is 11.3 Å². The molecule has 0 spiro atoms. The van der Waals surface area contributed by atoms with Gasteiger partial charge < -0.3 is 10.3 Å². The van der Waals surface area contributed by atoms with Gasteiger partial charge in [0.2, 0.25) is 0 Å². The van der Waals surface area contributed by atoms with E-state index in [1.807, 2.05) is 27.7 Å². The van der Waals surface area contributed by atoms with Gasteiger partial charge in [-0.2, -0.15) is 0 Å². The number of aryl methyl sites for hydroxylation is 3. The third-order valence-electron chi connectivity index (χ3n) is 2.88. The molecule has 0 aliphatic carbocycles. The number of aromatic nitrogens is 3. The van der Waals surface area contributed by atoms with Gasteiger partial charge in [-0.15, -0.1) is 0 Å². The Balaban J connectivity index is 2.65. The molecule has 0 fully saturated rings. The Bertz CT molecular complexity index is 540. The summed E-state index contributed by atoms with van der Waals surface area (Å²) >= 11 is 0. The lowest BCUT2D eigenvalue weighted by atomic mass is 10.1. The van der Waals surface area contributed by atoms with E-state index in [4.69, 9.17) is 10.3 Å². The van der Waals surface area contributed by atoms with Crippen LogP contribution in [0.1, 0.15) is 29.6 Å². The number of anilines is 1. The first kappa shape index (κ1) is 11.6. The number of nitrogens with zero attached hydrogens (tertiary/aromatic N) is 3. The maximum absolute atomic E-state index is 5.90. The van der Waals surface area contributed by atoms with E-state index in [1.165, 1.54) is 0 Å². The summed E-state index contributed by atoms with van der Waals surface area (Å²) in [5, 5.41) is 3.90. The second-order valence-electron chi connectivity index (χ2n) is 4.06. The van der Waals surface area contributed by atoms with Crippen molar-refractivity contribution in [3.05, 3.63) is 22.7 Å². The second kappa shape index (κ2) is 4.16. The molecule has 0 aliphatic heterocycles. The highest BCUT2D eigenvalue weighted by Crippen LogP contribution is 2.26. The molecule has 0 bridgehead atoms. The fraction of sp³-hybridized carbons (Fsp3) is 0.417. The minimum absolute atomic E-state index is 0.520. The zero-order valence-electron chi connectivity index (χ0n) is 10.5. The van der Waals surface area contributed by atoms with Gasteiger partial charge in [-0.05, 0) is 27.2 Å². The van der Waals surface area contributed by atoms with Crippen LogP contribution in [0.4, 0.5) is 5.82 Å². The Morgan fingerprint density at radius 2 is 1.88 bits per heavy atom. The number of nitrogens with two attached hydrogens (primary N) is 1. The van der Waals surface area contributed by atoms with E-state index < -0.39 is 0 Å². The fourth-order valence-corrected chi connectivity index (χ4v) is 1.84.